The van der Waals surface area contributed by atoms with Crippen LogP contribution in [0.3, 0.4) is 0 Å². The quantitative estimate of drug-likeness (QED) is 0.384. The summed E-state index contributed by atoms with van der Waals surface area (Å²) in [4.78, 5) is 29.3. The van der Waals surface area contributed by atoms with Crippen LogP contribution in [0.5, 0.6) is 5.75 Å². The molecule has 6 nitrogen and oxygen atoms in total. The van der Waals surface area contributed by atoms with E-state index in [0.29, 0.717) is 0 Å². The maximum absolute atomic E-state index is 14.8. The van der Waals surface area contributed by atoms with Gasteiger partial charge in [-0.15, -0.1) is 0 Å². The molecule has 0 amide bonds. The molecule has 4 rings (SSSR count). The Kier molecular flexibility index (Phi) is 6.10. The summed E-state index contributed by atoms with van der Waals surface area (Å²) in [6.45, 7) is 2.49. The first-order valence-electron chi connectivity index (χ1n) is 10.3. The highest BCUT2D eigenvalue weighted by Crippen LogP contribution is 2.29. The maximum Gasteiger partial charge on any atom is 0.310 e. The van der Waals surface area contributed by atoms with Crippen molar-refractivity contribution in [2.24, 2.45) is 0 Å². The lowest BCUT2D eigenvalue weighted by molar-refractivity contribution is -0.138. The summed E-state index contributed by atoms with van der Waals surface area (Å²) in [6.07, 6.45) is 1.51. The van der Waals surface area contributed by atoms with Gasteiger partial charge in [0.2, 0.25) is 5.78 Å². The number of carboxylic acid groups (broad SMARTS) is 1. The number of halogens is 3. The van der Waals surface area contributed by atoms with Gasteiger partial charge in [0, 0.05) is 6.20 Å². The van der Waals surface area contributed by atoms with Crippen LogP contribution in [0.15, 0.2) is 54.7 Å². The highest BCUT2D eigenvalue weighted by Gasteiger charge is 2.28. The van der Waals surface area contributed by atoms with Crippen LogP contribution in [-0.4, -0.2) is 26.2 Å². The summed E-state index contributed by atoms with van der Waals surface area (Å²) in [6, 6.07) is 10.4. The average molecular weight is 468 g/mol. The van der Waals surface area contributed by atoms with E-state index in [9.17, 15) is 27.9 Å². The van der Waals surface area contributed by atoms with Gasteiger partial charge in [-0.25, -0.2) is 18.2 Å². The number of aromatic nitrogens is 2. The highest BCUT2D eigenvalue weighted by atomic mass is 19.1. The molecule has 1 unspecified atom stereocenters. The van der Waals surface area contributed by atoms with Crippen LogP contribution in [0.4, 0.5) is 13.2 Å². The normalized spacial score (nSPS) is 12.0. The largest absolute Gasteiger partial charge is 0.485 e. The number of ketones is 1. The lowest BCUT2D eigenvalue weighted by Gasteiger charge is -2.14. The van der Waals surface area contributed by atoms with E-state index in [1.165, 1.54) is 41.8 Å². The molecular weight excluding hydrogens is 449 g/mol. The number of aliphatic carboxylic acids is 1. The SMILES string of the molecule is Cc1nc2c(OCc3c(F)cccc3F)cccn2c1C(=O)c1c(F)cccc1C(C)C(=O)O. The Bertz CT molecular complexity index is 1410. The van der Waals surface area contributed by atoms with Crippen LogP contribution in [0.25, 0.3) is 5.65 Å². The number of hydrogen-bond acceptors (Lipinski definition) is 4. The Hall–Kier alpha value is -4.14. The number of fused-ring (bicyclic) bond motifs is 1. The van der Waals surface area contributed by atoms with Gasteiger partial charge in [0.25, 0.3) is 0 Å². The highest BCUT2D eigenvalue weighted by molar-refractivity contribution is 6.11. The number of carbonyl (C=O) groups excluding carboxylic acids is 1. The molecule has 0 saturated carbocycles. The number of aryl methyl sites for hydroxylation is 1. The van der Waals surface area contributed by atoms with Crippen molar-refractivity contribution >= 4 is 17.4 Å². The van der Waals surface area contributed by atoms with Crippen molar-refractivity contribution in [2.75, 3.05) is 0 Å². The van der Waals surface area contributed by atoms with Gasteiger partial charge >= 0.3 is 5.97 Å². The summed E-state index contributed by atoms with van der Waals surface area (Å²) >= 11 is 0. The predicted octanol–water partition coefficient (Wildman–Crippen LogP) is 5.06. The molecule has 0 bridgehead atoms. The fourth-order valence-corrected chi connectivity index (χ4v) is 3.76. The first kappa shape index (κ1) is 23.0. The number of ether oxygens (including phenoxy) is 1. The third kappa shape index (κ3) is 4.00. The fraction of sp³-hybridized carbons (Fsp3) is 0.160. The van der Waals surface area contributed by atoms with E-state index in [2.05, 4.69) is 4.98 Å². The topological polar surface area (TPSA) is 80.9 Å². The molecule has 4 aromatic rings. The van der Waals surface area contributed by atoms with Gasteiger partial charge < -0.3 is 9.84 Å². The number of rotatable bonds is 7. The van der Waals surface area contributed by atoms with Crippen molar-refractivity contribution in [1.82, 2.24) is 9.38 Å². The zero-order valence-electron chi connectivity index (χ0n) is 18.2. The molecule has 2 aromatic heterocycles. The summed E-state index contributed by atoms with van der Waals surface area (Å²) in [7, 11) is 0. The minimum absolute atomic E-state index is 0.0152. The van der Waals surface area contributed by atoms with Crippen LogP contribution in [0.2, 0.25) is 0 Å². The Morgan fingerprint density at radius 3 is 2.35 bits per heavy atom. The van der Waals surface area contributed by atoms with E-state index >= 15 is 0 Å². The molecule has 9 heteroatoms. The molecule has 0 aliphatic heterocycles. The van der Waals surface area contributed by atoms with Crippen molar-refractivity contribution in [3.8, 4) is 5.75 Å². The first-order valence-corrected chi connectivity index (χ1v) is 10.3. The van der Waals surface area contributed by atoms with Gasteiger partial charge in [0.15, 0.2) is 11.4 Å². The molecule has 1 atom stereocenters. The molecule has 174 valence electrons. The van der Waals surface area contributed by atoms with E-state index in [1.807, 2.05) is 0 Å². The molecule has 0 saturated heterocycles. The van der Waals surface area contributed by atoms with Crippen molar-refractivity contribution in [3.05, 3.63) is 100 Å². The summed E-state index contributed by atoms with van der Waals surface area (Å²) in [5.74, 6) is -5.30. The lowest BCUT2D eigenvalue weighted by Crippen LogP contribution is -2.17. The van der Waals surface area contributed by atoms with Crippen LogP contribution in [-0.2, 0) is 11.4 Å². The third-order valence-electron chi connectivity index (χ3n) is 5.55. The molecule has 2 heterocycles. The molecule has 2 aromatic carbocycles. The molecule has 0 aliphatic carbocycles. The Morgan fingerprint density at radius 1 is 1.03 bits per heavy atom. The third-order valence-corrected chi connectivity index (χ3v) is 5.55. The Morgan fingerprint density at radius 2 is 1.68 bits per heavy atom. The summed E-state index contributed by atoms with van der Waals surface area (Å²) < 4.78 is 49.7. The number of carboxylic acids is 1. The number of benzene rings is 2. The van der Waals surface area contributed by atoms with Crippen LogP contribution >= 0.6 is 0 Å². The van der Waals surface area contributed by atoms with Crippen molar-refractivity contribution < 1.29 is 32.6 Å². The van der Waals surface area contributed by atoms with E-state index in [-0.39, 0.29) is 39.5 Å². The predicted molar refractivity (Wildman–Crippen MR) is 117 cm³/mol. The maximum atomic E-state index is 14.8. The second-order valence-electron chi connectivity index (χ2n) is 7.69. The Labute approximate surface area is 192 Å². The van der Waals surface area contributed by atoms with Gasteiger partial charge in [0.1, 0.15) is 29.8 Å². The second kappa shape index (κ2) is 9.01. The molecule has 0 spiro atoms. The molecule has 0 aliphatic rings. The van der Waals surface area contributed by atoms with Gasteiger partial charge in [-0.05, 0) is 49.7 Å². The number of carbonyl (C=O) groups is 2. The number of hydrogen-bond donors (Lipinski definition) is 1. The molecule has 34 heavy (non-hydrogen) atoms. The minimum Gasteiger partial charge on any atom is -0.485 e. The molecular formula is C25H19F3N2O4. The minimum atomic E-state index is -1.20. The van der Waals surface area contributed by atoms with Gasteiger partial charge in [0.05, 0.1) is 22.7 Å². The second-order valence-corrected chi connectivity index (χ2v) is 7.69. The zero-order valence-corrected chi connectivity index (χ0v) is 18.2. The van der Waals surface area contributed by atoms with Crippen LogP contribution in [0, 0.1) is 24.4 Å². The number of imidazole rings is 1. The number of nitrogens with zero attached hydrogens (tertiary/aromatic N) is 2. The lowest BCUT2D eigenvalue weighted by atomic mass is 9.91. The molecule has 1 N–H and O–H groups in total. The van der Waals surface area contributed by atoms with Crippen molar-refractivity contribution in [2.45, 2.75) is 26.4 Å². The van der Waals surface area contributed by atoms with Gasteiger partial charge in [-0.2, -0.15) is 0 Å². The van der Waals surface area contributed by atoms with Crippen LogP contribution < -0.4 is 4.74 Å². The monoisotopic (exact) mass is 468 g/mol. The summed E-state index contributed by atoms with van der Waals surface area (Å²) in [5.41, 5.74) is -0.139. The van der Waals surface area contributed by atoms with E-state index < -0.39 is 41.7 Å². The van der Waals surface area contributed by atoms with E-state index in [4.69, 9.17) is 4.74 Å². The van der Waals surface area contributed by atoms with E-state index in [0.717, 1.165) is 18.2 Å². The van der Waals surface area contributed by atoms with Gasteiger partial charge in [-0.1, -0.05) is 18.2 Å². The van der Waals surface area contributed by atoms with E-state index in [1.54, 1.807) is 13.0 Å². The Balaban J connectivity index is 1.77. The standard InChI is InChI=1S/C25H19F3N2O4/c1-13(25(32)33)15-6-3-9-19(28)21(15)23(31)22-14(2)29-24-20(10-5-11-30(22)24)34-12-16-17(26)7-4-8-18(16)27/h3-11,13H,12H2,1-2H3,(H,32,33). The van der Waals surface area contributed by atoms with Gasteiger partial charge in [-0.3, -0.25) is 14.0 Å². The summed E-state index contributed by atoms with van der Waals surface area (Å²) in [5, 5.41) is 9.40. The molecule has 0 radical (unpaired) electrons. The van der Waals surface area contributed by atoms with Crippen molar-refractivity contribution in [1.29, 1.82) is 0 Å². The average Bonchev–Trinajstić information content (AvgIpc) is 3.14. The molecule has 0 fully saturated rings. The number of pyridine rings is 1. The zero-order chi connectivity index (χ0) is 24.6. The van der Waals surface area contributed by atoms with Crippen LogP contribution in [0.1, 0.15) is 45.7 Å². The first-order chi connectivity index (χ1) is 16.2. The fourth-order valence-electron chi connectivity index (χ4n) is 3.76. The smallest absolute Gasteiger partial charge is 0.310 e. The van der Waals surface area contributed by atoms with Crippen molar-refractivity contribution in [3.63, 3.8) is 0 Å².